The highest BCUT2D eigenvalue weighted by Gasteiger charge is 2.54. The molecule has 25 heavy (non-hydrogen) atoms. The first-order valence-corrected chi connectivity index (χ1v) is 9.47. The van der Waals surface area contributed by atoms with Crippen LogP contribution in [-0.4, -0.2) is 52.6 Å². The van der Waals surface area contributed by atoms with Crippen LogP contribution in [0.2, 0.25) is 0 Å². The number of nitrogens with zero attached hydrogens (tertiary/aromatic N) is 2. The van der Waals surface area contributed by atoms with E-state index >= 15 is 0 Å². The number of halogens is 1. The Hall–Kier alpha value is -1.56. The van der Waals surface area contributed by atoms with Gasteiger partial charge in [0.15, 0.2) is 0 Å². The van der Waals surface area contributed by atoms with Gasteiger partial charge in [-0.25, -0.2) is 4.79 Å². The van der Waals surface area contributed by atoms with Gasteiger partial charge in [-0.3, -0.25) is 4.79 Å². The number of ether oxygens (including phenoxy) is 1. The van der Waals surface area contributed by atoms with E-state index in [4.69, 9.17) is 4.74 Å². The van der Waals surface area contributed by atoms with Crippen molar-refractivity contribution in [3.63, 3.8) is 0 Å². The van der Waals surface area contributed by atoms with E-state index < -0.39 is 5.60 Å². The van der Waals surface area contributed by atoms with Gasteiger partial charge in [0, 0.05) is 24.1 Å². The van der Waals surface area contributed by atoms with Gasteiger partial charge in [-0.15, -0.1) is 0 Å². The second-order valence-electron chi connectivity index (χ2n) is 8.07. The van der Waals surface area contributed by atoms with Crippen molar-refractivity contribution in [1.29, 1.82) is 0 Å². The van der Waals surface area contributed by atoms with Crippen LogP contribution in [0, 0.1) is 6.92 Å². The largest absolute Gasteiger partial charge is 0.444 e. The summed E-state index contributed by atoms with van der Waals surface area (Å²) < 4.78 is 6.31. The average molecular weight is 409 g/mol. The molecule has 0 unspecified atom stereocenters. The van der Waals surface area contributed by atoms with Crippen molar-refractivity contribution in [3.8, 4) is 0 Å². The summed E-state index contributed by atoms with van der Waals surface area (Å²) in [6, 6.07) is 5.79. The molecule has 5 nitrogen and oxygen atoms in total. The number of rotatable bonds is 1. The van der Waals surface area contributed by atoms with E-state index in [9.17, 15) is 9.59 Å². The summed E-state index contributed by atoms with van der Waals surface area (Å²) >= 11 is 3.51. The topological polar surface area (TPSA) is 49.9 Å². The summed E-state index contributed by atoms with van der Waals surface area (Å²) in [5.74, 6) is 0.0354. The number of aryl methyl sites for hydroxylation is 1. The second-order valence-corrected chi connectivity index (χ2v) is 8.92. The third-order valence-corrected chi connectivity index (χ3v) is 5.39. The number of hydrogen-bond donors (Lipinski definition) is 0. The first-order chi connectivity index (χ1) is 11.6. The highest BCUT2D eigenvalue weighted by atomic mass is 79.9. The van der Waals surface area contributed by atoms with Crippen LogP contribution in [0.25, 0.3) is 0 Å². The Labute approximate surface area is 157 Å². The summed E-state index contributed by atoms with van der Waals surface area (Å²) in [4.78, 5) is 29.1. The zero-order chi connectivity index (χ0) is 18.4. The van der Waals surface area contributed by atoms with Crippen molar-refractivity contribution in [1.82, 2.24) is 9.80 Å². The van der Waals surface area contributed by atoms with Crippen LogP contribution < -0.4 is 0 Å². The van der Waals surface area contributed by atoms with Crippen LogP contribution in [0.15, 0.2) is 22.7 Å². The first kappa shape index (κ1) is 18.2. The van der Waals surface area contributed by atoms with Crippen molar-refractivity contribution in [2.24, 2.45) is 0 Å². The van der Waals surface area contributed by atoms with E-state index in [1.54, 1.807) is 4.90 Å². The predicted octanol–water partition coefficient (Wildman–Crippen LogP) is 3.98. The highest BCUT2D eigenvalue weighted by molar-refractivity contribution is 9.10. The molecule has 6 heteroatoms. The zero-order valence-electron chi connectivity index (χ0n) is 15.3. The minimum absolute atomic E-state index is 0.0354. The number of hydrogen-bond acceptors (Lipinski definition) is 3. The number of amides is 2. The monoisotopic (exact) mass is 408 g/mol. The van der Waals surface area contributed by atoms with Gasteiger partial charge in [0.25, 0.3) is 5.91 Å². The molecular formula is C19H25BrN2O3. The van der Waals surface area contributed by atoms with Gasteiger partial charge < -0.3 is 14.5 Å². The molecular weight excluding hydrogens is 384 g/mol. The van der Waals surface area contributed by atoms with E-state index in [2.05, 4.69) is 15.9 Å². The molecule has 3 rings (SSSR count). The summed E-state index contributed by atoms with van der Waals surface area (Å²) in [6.07, 6.45) is 1.57. The Morgan fingerprint density at radius 2 is 1.88 bits per heavy atom. The van der Waals surface area contributed by atoms with E-state index in [0.29, 0.717) is 25.2 Å². The average Bonchev–Trinajstić information content (AvgIpc) is 3.24. The SMILES string of the molecule is Cc1ccc(C(=O)N2CCN(C(=O)OC(C)(C)C)CC23CC3)c(Br)c1. The van der Waals surface area contributed by atoms with Gasteiger partial charge in [-0.1, -0.05) is 6.07 Å². The van der Waals surface area contributed by atoms with Gasteiger partial charge in [0.1, 0.15) is 5.60 Å². The molecule has 0 radical (unpaired) electrons. The van der Waals surface area contributed by atoms with Gasteiger partial charge in [0.05, 0.1) is 11.1 Å². The Balaban J connectivity index is 1.74. The third-order valence-electron chi connectivity index (χ3n) is 4.73. The molecule has 0 atom stereocenters. The molecule has 0 aromatic heterocycles. The predicted molar refractivity (Wildman–Crippen MR) is 99.7 cm³/mol. The van der Waals surface area contributed by atoms with Gasteiger partial charge in [-0.05, 0) is 74.2 Å². The maximum Gasteiger partial charge on any atom is 0.410 e. The quantitative estimate of drug-likeness (QED) is 0.705. The lowest BCUT2D eigenvalue weighted by Crippen LogP contribution is -2.58. The molecule has 2 fully saturated rings. The summed E-state index contributed by atoms with van der Waals surface area (Å²) in [5.41, 5.74) is 1.06. The fourth-order valence-corrected chi connectivity index (χ4v) is 3.95. The molecule has 1 spiro atoms. The Bertz CT molecular complexity index is 707. The molecule has 1 aliphatic heterocycles. The molecule has 136 valence electrons. The van der Waals surface area contributed by atoms with Crippen LogP contribution in [-0.2, 0) is 4.74 Å². The molecule has 1 aromatic carbocycles. The molecule has 2 aliphatic rings. The normalized spacial score (nSPS) is 19.1. The Morgan fingerprint density at radius 3 is 2.44 bits per heavy atom. The fourth-order valence-electron chi connectivity index (χ4n) is 3.29. The standard InChI is InChI=1S/C19H25BrN2O3/c1-13-5-6-14(15(20)11-13)16(23)22-10-9-21(12-19(22)7-8-19)17(24)25-18(2,3)4/h5-6,11H,7-10,12H2,1-4H3. The van der Waals surface area contributed by atoms with Crippen LogP contribution in [0.1, 0.15) is 49.5 Å². The second kappa shape index (κ2) is 6.31. The minimum Gasteiger partial charge on any atom is -0.444 e. The lowest BCUT2D eigenvalue weighted by atomic mass is 10.1. The number of benzene rings is 1. The third kappa shape index (κ3) is 3.84. The molecule has 1 heterocycles. The minimum atomic E-state index is -0.506. The van der Waals surface area contributed by atoms with Gasteiger partial charge in [-0.2, -0.15) is 0 Å². The number of carbonyl (C=O) groups excluding carboxylic acids is 2. The fraction of sp³-hybridized carbons (Fsp3) is 0.579. The Kier molecular flexibility index (Phi) is 4.60. The molecule has 0 N–H and O–H groups in total. The molecule has 1 saturated heterocycles. The lowest BCUT2D eigenvalue weighted by Gasteiger charge is -2.42. The van der Waals surface area contributed by atoms with E-state index in [1.807, 2.05) is 50.8 Å². The van der Waals surface area contributed by atoms with Crippen molar-refractivity contribution in [3.05, 3.63) is 33.8 Å². The molecule has 2 amide bonds. The Morgan fingerprint density at radius 1 is 1.20 bits per heavy atom. The lowest BCUT2D eigenvalue weighted by molar-refractivity contribution is 0.000612. The summed E-state index contributed by atoms with van der Waals surface area (Å²) in [6.45, 7) is 9.20. The summed E-state index contributed by atoms with van der Waals surface area (Å²) in [7, 11) is 0. The molecule has 1 aromatic rings. The van der Waals surface area contributed by atoms with Crippen molar-refractivity contribution >= 4 is 27.9 Å². The van der Waals surface area contributed by atoms with Crippen LogP contribution in [0.5, 0.6) is 0 Å². The molecule has 0 bridgehead atoms. The number of piperazine rings is 1. The van der Waals surface area contributed by atoms with Crippen LogP contribution in [0.3, 0.4) is 0 Å². The van der Waals surface area contributed by atoms with E-state index in [0.717, 1.165) is 22.9 Å². The molecule has 1 saturated carbocycles. The van der Waals surface area contributed by atoms with Crippen molar-refractivity contribution < 1.29 is 14.3 Å². The maximum absolute atomic E-state index is 13.1. The van der Waals surface area contributed by atoms with Crippen molar-refractivity contribution in [2.45, 2.75) is 51.7 Å². The maximum atomic E-state index is 13.1. The van der Waals surface area contributed by atoms with E-state index in [1.165, 1.54) is 0 Å². The zero-order valence-corrected chi connectivity index (χ0v) is 16.9. The smallest absolute Gasteiger partial charge is 0.410 e. The van der Waals surface area contributed by atoms with Crippen molar-refractivity contribution in [2.75, 3.05) is 19.6 Å². The summed E-state index contributed by atoms with van der Waals surface area (Å²) in [5, 5.41) is 0. The molecule has 1 aliphatic carbocycles. The van der Waals surface area contributed by atoms with Gasteiger partial charge >= 0.3 is 6.09 Å². The van der Waals surface area contributed by atoms with Gasteiger partial charge in [0.2, 0.25) is 0 Å². The number of carbonyl (C=O) groups is 2. The van der Waals surface area contributed by atoms with E-state index in [-0.39, 0.29) is 17.5 Å². The first-order valence-electron chi connectivity index (χ1n) is 8.67. The highest BCUT2D eigenvalue weighted by Crippen LogP contribution is 2.45. The van der Waals surface area contributed by atoms with Crippen LogP contribution >= 0.6 is 15.9 Å². The van der Waals surface area contributed by atoms with Crippen LogP contribution in [0.4, 0.5) is 4.79 Å².